The second kappa shape index (κ2) is 7.79. The topological polar surface area (TPSA) is 55.8 Å². The SMILES string of the molecule is C[C@H](OC(=O)COc1ccccc1Cl)C(=O)N1c2ccccc2C[C@H]1C. The number of carbonyl (C=O) groups excluding carboxylic acids is 2. The Labute approximate surface area is 157 Å². The third-order valence-corrected chi connectivity index (χ3v) is 4.60. The van der Waals surface area contributed by atoms with Crippen LogP contribution in [0.5, 0.6) is 5.75 Å². The summed E-state index contributed by atoms with van der Waals surface area (Å²) in [5.74, 6) is -0.466. The summed E-state index contributed by atoms with van der Waals surface area (Å²) < 4.78 is 10.6. The van der Waals surface area contributed by atoms with Gasteiger partial charge in [0.1, 0.15) is 5.75 Å². The van der Waals surface area contributed by atoms with Crippen LogP contribution in [0.15, 0.2) is 48.5 Å². The van der Waals surface area contributed by atoms with Gasteiger partial charge in [-0.15, -0.1) is 0 Å². The van der Waals surface area contributed by atoms with Crippen molar-refractivity contribution >= 4 is 29.2 Å². The summed E-state index contributed by atoms with van der Waals surface area (Å²) >= 11 is 5.98. The third-order valence-electron chi connectivity index (χ3n) is 4.28. The summed E-state index contributed by atoms with van der Waals surface area (Å²) in [6.45, 7) is 3.24. The molecule has 2 aromatic carbocycles. The normalized spacial score (nSPS) is 16.7. The Kier molecular flexibility index (Phi) is 5.47. The molecule has 0 saturated heterocycles. The molecule has 0 N–H and O–H groups in total. The molecule has 0 unspecified atom stereocenters. The van der Waals surface area contributed by atoms with Gasteiger partial charge in [0.15, 0.2) is 12.7 Å². The number of fused-ring (bicyclic) bond motifs is 1. The third kappa shape index (κ3) is 3.83. The van der Waals surface area contributed by atoms with E-state index in [0.29, 0.717) is 10.8 Å². The van der Waals surface area contributed by atoms with E-state index in [1.807, 2.05) is 31.2 Å². The van der Waals surface area contributed by atoms with E-state index in [-0.39, 0.29) is 18.6 Å². The van der Waals surface area contributed by atoms with Gasteiger partial charge in [0.05, 0.1) is 5.02 Å². The fourth-order valence-electron chi connectivity index (χ4n) is 3.08. The number of para-hydroxylation sites is 2. The highest BCUT2D eigenvalue weighted by Crippen LogP contribution is 2.32. The average Bonchev–Trinajstić information content (AvgIpc) is 2.96. The first-order valence-electron chi connectivity index (χ1n) is 8.45. The summed E-state index contributed by atoms with van der Waals surface area (Å²) in [7, 11) is 0. The standard InChI is InChI=1S/C20H20ClNO4/c1-13-11-15-7-3-5-9-17(15)22(13)20(24)14(2)26-19(23)12-25-18-10-6-4-8-16(18)21/h3-10,13-14H,11-12H2,1-2H3/t13-,14+/m1/s1. The van der Waals surface area contributed by atoms with Crippen LogP contribution < -0.4 is 9.64 Å². The lowest BCUT2D eigenvalue weighted by atomic mass is 10.1. The van der Waals surface area contributed by atoms with Crippen LogP contribution in [0.3, 0.4) is 0 Å². The van der Waals surface area contributed by atoms with Crippen molar-refractivity contribution in [2.45, 2.75) is 32.4 Å². The number of halogens is 1. The van der Waals surface area contributed by atoms with Crippen molar-refractivity contribution in [1.29, 1.82) is 0 Å². The Morgan fingerprint density at radius 3 is 2.65 bits per heavy atom. The Bertz CT molecular complexity index is 823. The maximum Gasteiger partial charge on any atom is 0.344 e. The summed E-state index contributed by atoms with van der Waals surface area (Å²) in [4.78, 5) is 26.5. The highest BCUT2D eigenvalue weighted by atomic mass is 35.5. The Morgan fingerprint density at radius 1 is 1.19 bits per heavy atom. The number of hydrogen-bond donors (Lipinski definition) is 0. The predicted molar refractivity (Wildman–Crippen MR) is 99.6 cm³/mol. The highest BCUT2D eigenvalue weighted by molar-refractivity contribution is 6.32. The number of esters is 1. The van der Waals surface area contributed by atoms with Gasteiger partial charge in [-0.25, -0.2) is 4.79 Å². The molecule has 3 rings (SSSR count). The van der Waals surface area contributed by atoms with Gasteiger partial charge in [0.25, 0.3) is 5.91 Å². The molecular weight excluding hydrogens is 354 g/mol. The average molecular weight is 374 g/mol. The molecule has 26 heavy (non-hydrogen) atoms. The molecule has 0 fully saturated rings. The fourth-order valence-corrected chi connectivity index (χ4v) is 3.27. The second-order valence-corrected chi connectivity index (χ2v) is 6.65. The lowest BCUT2D eigenvalue weighted by Crippen LogP contribution is -2.43. The molecule has 0 radical (unpaired) electrons. The van der Waals surface area contributed by atoms with Crippen LogP contribution in [0.1, 0.15) is 19.4 Å². The molecule has 1 aliphatic heterocycles. The van der Waals surface area contributed by atoms with E-state index in [4.69, 9.17) is 21.1 Å². The van der Waals surface area contributed by atoms with Crippen LogP contribution in [0.4, 0.5) is 5.69 Å². The van der Waals surface area contributed by atoms with E-state index < -0.39 is 12.1 Å². The molecule has 1 aliphatic rings. The first-order chi connectivity index (χ1) is 12.5. The number of hydrogen-bond acceptors (Lipinski definition) is 4. The molecular formula is C20H20ClNO4. The Morgan fingerprint density at radius 2 is 1.88 bits per heavy atom. The van der Waals surface area contributed by atoms with Crippen LogP contribution in [0, 0.1) is 0 Å². The van der Waals surface area contributed by atoms with Gasteiger partial charge < -0.3 is 14.4 Å². The smallest absolute Gasteiger partial charge is 0.344 e. The van der Waals surface area contributed by atoms with E-state index in [1.165, 1.54) is 0 Å². The number of nitrogens with zero attached hydrogens (tertiary/aromatic N) is 1. The number of carbonyl (C=O) groups is 2. The molecule has 5 nitrogen and oxygen atoms in total. The molecule has 1 heterocycles. The van der Waals surface area contributed by atoms with Crippen molar-refractivity contribution in [2.75, 3.05) is 11.5 Å². The van der Waals surface area contributed by atoms with Crippen molar-refractivity contribution in [2.24, 2.45) is 0 Å². The largest absolute Gasteiger partial charge is 0.480 e. The molecule has 0 saturated carbocycles. The molecule has 6 heteroatoms. The minimum absolute atomic E-state index is 0.0282. The number of rotatable bonds is 5. The van der Waals surface area contributed by atoms with Crippen molar-refractivity contribution < 1.29 is 19.1 Å². The molecule has 0 spiro atoms. The molecule has 0 aromatic heterocycles. The molecule has 2 atom stereocenters. The molecule has 2 aromatic rings. The molecule has 0 aliphatic carbocycles. The van der Waals surface area contributed by atoms with Crippen molar-refractivity contribution in [3.8, 4) is 5.75 Å². The predicted octanol–water partition coefficient (Wildman–Crippen LogP) is 3.63. The monoisotopic (exact) mass is 373 g/mol. The van der Waals surface area contributed by atoms with E-state index >= 15 is 0 Å². The number of anilines is 1. The zero-order valence-electron chi connectivity index (χ0n) is 14.6. The number of ether oxygens (including phenoxy) is 2. The summed E-state index contributed by atoms with van der Waals surface area (Å²) in [5, 5.41) is 0.409. The minimum Gasteiger partial charge on any atom is -0.480 e. The van der Waals surface area contributed by atoms with E-state index in [2.05, 4.69) is 0 Å². The van der Waals surface area contributed by atoms with Crippen molar-refractivity contribution in [3.63, 3.8) is 0 Å². The minimum atomic E-state index is -0.897. The first kappa shape index (κ1) is 18.3. The van der Waals surface area contributed by atoms with Gasteiger partial charge in [-0.2, -0.15) is 0 Å². The van der Waals surface area contributed by atoms with Crippen molar-refractivity contribution in [1.82, 2.24) is 0 Å². The van der Waals surface area contributed by atoms with Gasteiger partial charge in [-0.05, 0) is 44.0 Å². The van der Waals surface area contributed by atoms with Crippen LogP contribution in [-0.2, 0) is 20.7 Å². The lowest BCUT2D eigenvalue weighted by Gasteiger charge is -2.25. The van der Waals surface area contributed by atoms with Crippen LogP contribution in [-0.4, -0.2) is 30.6 Å². The first-order valence-corrected chi connectivity index (χ1v) is 8.83. The Hall–Kier alpha value is -2.53. The maximum atomic E-state index is 12.8. The van der Waals surface area contributed by atoms with Crippen LogP contribution >= 0.6 is 11.6 Å². The number of amides is 1. The second-order valence-electron chi connectivity index (χ2n) is 6.24. The Balaban J connectivity index is 1.59. The summed E-state index contributed by atoms with van der Waals surface area (Å²) in [5.41, 5.74) is 1.99. The lowest BCUT2D eigenvalue weighted by molar-refractivity contribution is -0.155. The van der Waals surface area contributed by atoms with Gasteiger partial charge in [0.2, 0.25) is 0 Å². The highest BCUT2D eigenvalue weighted by Gasteiger charge is 2.34. The molecule has 136 valence electrons. The van der Waals surface area contributed by atoms with E-state index in [9.17, 15) is 9.59 Å². The quantitative estimate of drug-likeness (QED) is 0.751. The summed E-state index contributed by atoms with van der Waals surface area (Å²) in [6, 6.07) is 14.6. The zero-order chi connectivity index (χ0) is 18.7. The van der Waals surface area contributed by atoms with Crippen LogP contribution in [0.25, 0.3) is 0 Å². The number of benzene rings is 2. The maximum absolute atomic E-state index is 12.8. The van der Waals surface area contributed by atoms with Gasteiger partial charge in [-0.1, -0.05) is 41.9 Å². The molecule has 0 bridgehead atoms. The zero-order valence-corrected chi connectivity index (χ0v) is 15.4. The van der Waals surface area contributed by atoms with Gasteiger partial charge in [-0.3, -0.25) is 4.79 Å². The van der Waals surface area contributed by atoms with Crippen molar-refractivity contribution in [3.05, 3.63) is 59.1 Å². The summed E-state index contributed by atoms with van der Waals surface area (Å²) in [6.07, 6.45) is -0.107. The van der Waals surface area contributed by atoms with E-state index in [1.54, 1.807) is 36.1 Å². The van der Waals surface area contributed by atoms with Gasteiger partial charge in [0, 0.05) is 11.7 Å². The van der Waals surface area contributed by atoms with Gasteiger partial charge >= 0.3 is 5.97 Å². The van der Waals surface area contributed by atoms with E-state index in [0.717, 1.165) is 17.7 Å². The molecule has 1 amide bonds. The van der Waals surface area contributed by atoms with Crippen LogP contribution in [0.2, 0.25) is 5.02 Å². The fraction of sp³-hybridized carbons (Fsp3) is 0.300.